The van der Waals surface area contributed by atoms with Crippen LogP contribution in [0.1, 0.15) is 36.8 Å². The summed E-state index contributed by atoms with van der Waals surface area (Å²) in [6, 6.07) is 5.55. The number of hydrogen-bond donors (Lipinski definition) is 2. The Morgan fingerprint density at radius 3 is 2.82 bits per heavy atom. The van der Waals surface area contributed by atoms with Crippen LogP contribution in [-0.4, -0.2) is 43.2 Å². The smallest absolute Gasteiger partial charge is 0.339 e. The maximum atomic E-state index is 12.1. The van der Waals surface area contributed by atoms with Gasteiger partial charge in [0.2, 0.25) is 0 Å². The fourth-order valence-corrected chi connectivity index (χ4v) is 4.33. The molecular weight excluding hydrogens is 358 g/mol. The molecule has 0 atom stereocenters. The number of aryl methyl sites for hydroxylation is 1. The molecule has 0 spiro atoms. The average molecular weight is 385 g/mol. The molecule has 7 heteroatoms. The zero-order chi connectivity index (χ0) is 19.5. The minimum absolute atomic E-state index is 0.193. The first-order chi connectivity index (χ1) is 13.6. The van der Waals surface area contributed by atoms with Crippen LogP contribution in [0, 0.1) is 0 Å². The quantitative estimate of drug-likeness (QED) is 0.587. The monoisotopic (exact) mass is 385 g/mol. The van der Waals surface area contributed by atoms with E-state index in [0.717, 1.165) is 80.4 Å². The van der Waals surface area contributed by atoms with Crippen LogP contribution in [-0.2, 0) is 12.8 Å². The van der Waals surface area contributed by atoms with Crippen LogP contribution >= 0.6 is 0 Å². The highest BCUT2D eigenvalue weighted by Crippen LogP contribution is 2.29. The number of hydrogen-bond acceptors (Lipinski definition) is 5. The molecule has 2 aliphatic rings. The number of carbonyl (C=O) groups is 1. The van der Waals surface area contributed by atoms with Gasteiger partial charge in [0.05, 0.1) is 6.61 Å². The fraction of sp³-hybridized carbons (Fsp3) is 0.524. The van der Waals surface area contributed by atoms with Crippen molar-refractivity contribution in [3.8, 4) is 5.75 Å². The third-order valence-corrected chi connectivity index (χ3v) is 5.77. The lowest BCUT2D eigenvalue weighted by atomic mass is 10.1. The Bertz CT molecular complexity index is 916. The number of fused-ring (bicyclic) bond motifs is 3. The topological polar surface area (TPSA) is 97.8 Å². The first-order valence-corrected chi connectivity index (χ1v) is 10.1. The van der Waals surface area contributed by atoms with Crippen molar-refractivity contribution < 1.29 is 13.9 Å². The second kappa shape index (κ2) is 8.22. The van der Waals surface area contributed by atoms with Crippen LogP contribution < -0.4 is 21.4 Å². The van der Waals surface area contributed by atoms with Gasteiger partial charge in [-0.15, -0.1) is 0 Å². The molecule has 1 fully saturated rings. The Morgan fingerprint density at radius 1 is 1.25 bits per heavy atom. The average Bonchev–Trinajstić information content (AvgIpc) is 3.17. The molecule has 2 amide bonds. The number of amides is 2. The van der Waals surface area contributed by atoms with Crippen molar-refractivity contribution in [1.29, 1.82) is 0 Å². The van der Waals surface area contributed by atoms with Crippen molar-refractivity contribution >= 4 is 17.0 Å². The van der Waals surface area contributed by atoms with Gasteiger partial charge in [0.25, 0.3) is 0 Å². The van der Waals surface area contributed by atoms with Crippen LogP contribution in [0.3, 0.4) is 0 Å². The molecule has 4 rings (SSSR count). The van der Waals surface area contributed by atoms with Gasteiger partial charge >= 0.3 is 11.7 Å². The van der Waals surface area contributed by atoms with Crippen molar-refractivity contribution in [2.45, 2.75) is 44.6 Å². The number of carbonyl (C=O) groups excluding carboxylic acids is 1. The summed E-state index contributed by atoms with van der Waals surface area (Å²) in [6.07, 6.45) is 5.56. The van der Waals surface area contributed by atoms with E-state index < -0.39 is 6.03 Å². The SMILES string of the molecule is NC(=O)NC1CCN(CCCOc2ccc3c4c(c(=O)oc3c2)CCC4)CC1. The number of likely N-dealkylation sites (tertiary alicyclic amines) is 1. The summed E-state index contributed by atoms with van der Waals surface area (Å²) in [5.41, 5.74) is 7.58. The molecule has 0 radical (unpaired) electrons. The zero-order valence-corrected chi connectivity index (χ0v) is 16.0. The van der Waals surface area contributed by atoms with Gasteiger partial charge in [0.15, 0.2) is 0 Å². The molecule has 150 valence electrons. The summed E-state index contributed by atoms with van der Waals surface area (Å²) in [4.78, 5) is 25.4. The predicted octanol–water partition coefficient (Wildman–Crippen LogP) is 2.18. The number of nitrogens with zero attached hydrogens (tertiary/aromatic N) is 1. The van der Waals surface area contributed by atoms with Crippen molar-refractivity contribution in [3.05, 3.63) is 39.7 Å². The van der Waals surface area contributed by atoms with Crippen molar-refractivity contribution in [2.75, 3.05) is 26.2 Å². The summed E-state index contributed by atoms with van der Waals surface area (Å²) >= 11 is 0. The van der Waals surface area contributed by atoms with Crippen LogP contribution in [0.2, 0.25) is 0 Å². The Kier molecular flexibility index (Phi) is 5.52. The lowest BCUT2D eigenvalue weighted by Gasteiger charge is -2.31. The Hall–Kier alpha value is -2.54. The standard InChI is InChI=1S/C21H27N3O4/c22-21(26)23-14-7-10-24(11-8-14)9-2-12-27-15-5-6-17-16-3-1-4-18(16)20(25)28-19(17)13-15/h5-6,13-14H,1-4,7-12H2,(H3,22,23,26). The van der Waals surface area contributed by atoms with E-state index in [2.05, 4.69) is 10.2 Å². The lowest BCUT2D eigenvalue weighted by Crippen LogP contribution is -2.46. The molecule has 0 unspecified atom stereocenters. The normalized spacial score (nSPS) is 17.6. The maximum absolute atomic E-state index is 12.1. The predicted molar refractivity (Wildman–Crippen MR) is 107 cm³/mol. The highest BCUT2D eigenvalue weighted by Gasteiger charge is 2.20. The Balaban J connectivity index is 1.27. The molecule has 7 nitrogen and oxygen atoms in total. The molecule has 1 aromatic heterocycles. The third-order valence-electron chi connectivity index (χ3n) is 5.77. The van der Waals surface area contributed by atoms with Gasteiger partial charge in [0, 0.05) is 42.7 Å². The van der Waals surface area contributed by atoms with E-state index in [9.17, 15) is 9.59 Å². The number of urea groups is 1. The number of rotatable bonds is 6. The molecule has 1 saturated heterocycles. The van der Waals surface area contributed by atoms with E-state index in [0.29, 0.717) is 12.2 Å². The molecule has 2 heterocycles. The van der Waals surface area contributed by atoms with Gasteiger partial charge in [-0.2, -0.15) is 0 Å². The zero-order valence-electron chi connectivity index (χ0n) is 16.0. The lowest BCUT2D eigenvalue weighted by molar-refractivity contribution is 0.181. The molecule has 1 aromatic carbocycles. The van der Waals surface area contributed by atoms with Crippen LogP contribution in [0.5, 0.6) is 5.75 Å². The van der Waals surface area contributed by atoms with E-state index in [1.807, 2.05) is 18.2 Å². The van der Waals surface area contributed by atoms with E-state index in [1.54, 1.807) is 0 Å². The van der Waals surface area contributed by atoms with Crippen LogP contribution in [0.4, 0.5) is 4.79 Å². The van der Waals surface area contributed by atoms with Crippen LogP contribution in [0.15, 0.2) is 27.4 Å². The number of ether oxygens (including phenoxy) is 1. The summed E-state index contributed by atoms with van der Waals surface area (Å²) < 4.78 is 11.4. The maximum Gasteiger partial charge on any atom is 0.339 e. The highest BCUT2D eigenvalue weighted by molar-refractivity contribution is 5.83. The fourth-order valence-electron chi connectivity index (χ4n) is 4.33. The van der Waals surface area contributed by atoms with Crippen molar-refractivity contribution in [3.63, 3.8) is 0 Å². The molecule has 3 N–H and O–H groups in total. The summed E-state index contributed by atoms with van der Waals surface area (Å²) in [5.74, 6) is 0.734. The molecule has 0 saturated carbocycles. The second-order valence-corrected chi connectivity index (χ2v) is 7.68. The van der Waals surface area contributed by atoms with Gasteiger partial charge in [-0.1, -0.05) is 0 Å². The minimum atomic E-state index is -0.442. The Labute approximate surface area is 163 Å². The summed E-state index contributed by atoms with van der Waals surface area (Å²) in [5, 5.41) is 3.82. The Morgan fingerprint density at radius 2 is 2.04 bits per heavy atom. The van der Waals surface area contributed by atoms with Gasteiger partial charge in [0.1, 0.15) is 11.3 Å². The van der Waals surface area contributed by atoms with Crippen molar-refractivity contribution in [2.24, 2.45) is 5.73 Å². The van der Waals surface area contributed by atoms with E-state index in [1.165, 1.54) is 0 Å². The molecular formula is C21H27N3O4. The van der Waals surface area contributed by atoms with E-state index in [4.69, 9.17) is 14.9 Å². The highest BCUT2D eigenvalue weighted by atomic mass is 16.5. The first kappa shape index (κ1) is 18.8. The molecule has 0 bridgehead atoms. The number of nitrogens with two attached hydrogens (primary N) is 1. The van der Waals surface area contributed by atoms with E-state index >= 15 is 0 Å². The first-order valence-electron chi connectivity index (χ1n) is 10.1. The van der Waals surface area contributed by atoms with E-state index in [-0.39, 0.29) is 11.7 Å². The van der Waals surface area contributed by atoms with Gasteiger partial charge < -0.3 is 25.1 Å². The number of nitrogens with one attached hydrogen (secondary N) is 1. The largest absolute Gasteiger partial charge is 0.493 e. The minimum Gasteiger partial charge on any atom is -0.493 e. The number of benzene rings is 1. The molecule has 1 aliphatic carbocycles. The molecule has 1 aliphatic heterocycles. The molecule has 28 heavy (non-hydrogen) atoms. The van der Waals surface area contributed by atoms with Gasteiger partial charge in [-0.05, 0) is 56.2 Å². The van der Waals surface area contributed by atoms with Crippen LogP contribution in [0.25, 0.3) is 11.0 Å². The third kappa shape index (κ3) is 4.14. The summed E-state index contributed by atoms with van der Waals surface area (Å²) in [7, 11) is 0. The van der Waals surface area contributed by atoms with Crippen molar-refractivity contribution in [1.82, 2.24) is 10.2 Å². The molecule has 2 aromatic rings. The van der Waals surface area contributed by atoms with Gasteiger partial charge in [-0.25, -0.2) is 9.59 Å². The number of primary amides is 1. The second-order valence-electron chi connectivity index (χ2n) is 7.68. The van der Waals surface area contributed by atoms with Gasteiger partial charge in [-0.3, -0.25) is 0 Å². The summed E-state index contributed by atoms with van der Waals surface area (Å²) in [6.45, 7) is 3.48. The number of piperidine rings is 1.